The second-order valence-electron chi connectivity index (χ2n) is 3.34. The van der Waals surface area contributed by atoms with E-state index in [4.69, 9.17) is 16.7 Å². The molecule has 18 heavy (non-hydrogen) atoms. The van der Waals surface area contributed by atoms with Crippen LogP contribution in [0, 0.1) is 5.82 Å². The van der Waals surface area contributed by atoms with E-state index in [-0.39, 0.29) is 15.8 Å². The molecule has 1 heterocycles. The highest BCUT2D eigenvalue weighted by Gasteiger charge is 2.19. The fourth-order valence-electron chi connectivity index (χ4n) is 1.09. The van der Waals surface area contributed by atoms with Gasteiger partial charge in [-0.05, 0) is 6.07 Å². The number of carboxylic acid groups (broad SMARTS) is 1. The summed E-state index contributed by atoms with van der Waals surface area (Å²) in [5.41, 5.74) is 0. The summed E-state index contributed by atoms with van der Waals surface area (Å²) in [6.07, 6.45) is 1.27. The topological polar surface area (TPSA) is 79.3 Å². The van der Waals surface area contributed by atoms with E-state index >= 15 is 0 Å². The Morgan fingerprint density at radius 3 is 2.83 bits per heavy atom. The quantitative estimate of drug-likeness (QED) is 0.805. The summed E-state index contributed by atoms with van der Waals surface area (Å²) in [6.45, 7) is 1.21. The maximum atomic E-state index is 13.4. The zero-order valence-electron chi connectivity index (χ0n) is 9.31. The first-order valence-electron chi connectivity index (χ1n) is 4.84. The third kappa shape index (κ3) is 4.50. The molecule has 98 valence electrons. The molecule has 1 unspecified atom stereocenters. The monoisotopic (exact) mass is 292 g/mol. The van der Waals surface area contributed by atoms with E-state index < -0.39 is 23.7 Å². The van der Waals surface area contributed by atoms with Gasteiger partial charge in [-0.2, -0.15) is 0 Å². The molecule has 1 rings (SSSR count). The number of hydrogen-bond acceptors (Lipinski definition) is 4. The number of nitrogens with zero attached hydrogens (tertiary/aromatic N) is 1. The molecule has 0 saturated carbocycles. The van der Waals surface area contributed by atoms with Crippen molar-refractivity contribution in [1.29, 1.82) is 0 Å². The van der Waals surface area contributed by atoms with Crippen LogP contribution in [0.1, 0.15) is 6.92 Å². The normalized spacial score (nSPS) is 11.9. The Kier molecular flexibility index (Phi) is 5.36. The van der Waals surface area contributed by atoms with Gasteiger partial charge in [-0.25, -0.2) is 14.2 Å². The van der Waals surface area contributed by atoms with E-state index in [9.17, 15) is 14.0 Å². The molecule has 2 N–H and O–H groups in total. The van der Waals surface area contributed by atoms with Crippen LogP contribution in [0.5, 0.6) is 0 Å². The van der Waals surface area contributed by atoms with Crippen LogP contribution in [0.3, 0.4) is 0 Å². The fourth-order valence-corrected chi connectivity index (χ4v) is 2.11. The molecule has 0 bridgehead atoms. The number of thioether (sulfide) groups is 1. The lowest BCUT2D eigenvalue weighted by Crippen LogP contribution is -2.41. The van der Waals surface area contributed by atoms with Gasteiger partial charge in [-0.15, -0.1) is 11.8 Å². The van der Waals surface area contributed by atoms with Crippen LogP contribution in [-0.2, 0) is 9.59 Å². The van der Waals surface area contributed by atoms with Gasteiger partial charge >= 0.3 is 5.97 Å². The molecular weight excluding hydrogens is 283 g/mol. The van der Waals surface area contributed by atoms with Gasteiger partial charge in [0.1, 0.15) is 11.1 Å². The minimum Gasteiger partial charge on any atom is -0.480 e. The number of hydrogen-bond donors (Lipinski definition) is 2. The molecule has 0 saturated heterocycles. The van der Waals surface area contributed by atoms with Crippen molar-refractivity contribution >= 4 is 35.2 Å². The molecule has 0 aliphatic rings. The Hall–Kier alpha value is -1.34. The van der Waals surface area contributed by atoms with Gasteiger partial charge in [0.2, 0.25) is 5.91 Å². The number of carbonyl (C=O) groups is 2. The number of carbonyl (C=O) groups excluding carboxylic acids is 1. The molecule has 1 amide bonds. The van der Waals surface area contributed by atoms with Crippen LogP contribution in [-0.4, -0.2) is 33.8 Å². The average molecular weight is 293 g/mol. The van der Waals surface area contributed by atoms with E-state index in [1.165, 1.54) is 13.1 Å². The summed E-state index contributed by atoms with van der Waals surface area (Å²) >= 11 is 6.43. The van der Waals surface area contributed by atoms with Crippen molar-refractivity contribution in [2.75, 3.05) is 5.75 Å². The Morgan fingerprint density at radius 2 is 2.33 bits per heavy atom. The lowest BCUT2D eigenvalue weighted by atomic mass is 10.3. The number of nitrogens with one attached hydrogen (secondary N) is 1. The molecule has 0 spiro atoms. The van der Waals surface area contributed by atoms with Crippen LogP contribution in [0.25, 0.3) is 0 Å². The first-order valence-corrected chi connectivity index (χ1v) is 6.20. The van der Waals surface area contributed by atoms with Crippen molar-refractivity contribution < 1.29 is 19.1 Å². The van der Waals surface area contributed by atoms with Crippen molar-refractivity contribution in [2.45, 2.75) is 18.0 Å². The number of halogens is 2. The molecule has 0 radical (unpaired) electrons. The van der Waals surface area contributed by atoms with E-state index in [0.717, 1.165) is 17.8 Å². The van der Waals surface area contributed by atoms with Gasteiger partial charge in [-0.1, -0.05) is 11.6 Å². The predicted molar refractivity (Wildman–Crippen MR) is 65.2 cm³/mol. The number of aliphatic carboxylic acids is 1. The van der Waals surface area contributed by atoms with Crippen LogP contribution in [0.4, 0.5) is 4.39 Å². The maximum absolute atomic E-state index is 13.4. The molecule has 0 fully saturated rings. The number of pyridine rings is 1. The smallest absolute Gasteiger partial charge is 0.327 e. The van der Waals surface area contributed by atoms with E-state index in [2.05, 4.69) is 10.3 Å². The van der Waals surface area contributed by atoms with Gasteiger partial charge in [0.15, 0.2) is 5.82 Å². The van der Waals surface area contributed by atoms with Crippen LogP contribution >= 0.6 is 23.4 Å². The SMILES string of the molecule is CC(=O)NC(CSc1ncc(Cl)cc1F)C(=O)O. The van der Waals surface area contributed by atoms with Gasteiger partial charge in [-0.3, -0.25) is 4.79 Å². The van der Waals surface area contributed by atoms with Crippen molar-refractivity contribution in [2.24, 2.45) is 0 Å². The van der Waals surface area contributed by atoms with E-state index in [1.54, 1.807) is 0 Å². The van der Waals surface area contributed by atoms with Crippen LogP contribution < -0.4 is 5.32 Å². The third-order valence-electron chi connectivity index (χ3n) is 1.84. The molecule has 0 aliphatic carbocycles. The molecule has 1 aromatic rings. The molecule has 8 heteroatoms. The lowest BCUT2D eigenvalue weighted by molar-refractivity contribution is -0.140. The maximum Gasteiger partial charge on any atom is 0.327 e. The zero-order valence-corrected chi connectivity index (χ0v) is 10.9. The minimum atomic E-state index is -1.19. The zero-order chi connectivity index (χ0) is 13.7. The average Bonchev–Trinajstić information content (AvgIpc) is 2.25. The van der Waals surface area contributed by atoms with Gasteiger partial charge < -0.3 is 10.4 Å². The van der Waals surface area contributed by atoms with Gasteiger partial charge in [0.05, 0.1) is 5.02 Å². The molecule has 1 aromatic heterocycles. The van der Waals surface area contributed by atoms with Crippen molar-refractivity contribution in [3.63, 3.8) is 0 Å². The number of rotatable bonds is 5. The second kappa shape index (κ2) is 6.55. The first-order chi connectivity index (χ1) is 8.40. The number of aromatic nitrogens is 1. The summed E-state index contributed by atoms with van der Waals surface area (Å²) in [5, 5.41) is 11.3. The van der Waals surface area contributed by atoms with Crippen LogP contribution in [0.2, 0.25) is 5.02 Å². The Bertz CT molecular complexity index is 472. The van der Waals surface area contributed by atoms with Gasteiger partial charge in [0, 0.05) is 18.9 Å². The highest BCUT2D eigenvalue weighted by atomic mass is 35.5. The second-order valence-corrected chi connectivity index (χ2v) is 4.79. The minimum absolute atomic E-state index is 0.0273. The first kappa shape index (κ1) is 14.7. The summed E-state index contributed by atoms with van der Waals surface area (Å²) in [6, 6.07) is -0.00481. The van der Waals surface area contributed by atoms with E-state index in [0.29, 0.717) is 0 Å². The summed E-state index contributed by atoms with van der Waals surface area (Å²) < 4.78 is 13.4. The summed E-state index contributed by atoms with van der Waals surface area (Å²) in [5.74, 6) is -2.31. The van der Waals surface area contributed by atoms with Crippen molar-refractivity contribution in [1.82, 2.24) is 10.3 Å². The van der Waals surface area contributed by atoms with Gasteiger partial charge in [0.25, 0.3) is 0 Å². The summed E-state index contributed by atoms with van der Waals surface area (Å²) in [7, 11) is 0. The molecular formula is C10H10ClFN2O3S. The van der Waals surface area contributed by atoms with Crippen molar-refractivity contribution in [3.05, 3.63) is 23.1 Å². The predicted octanol–water partition coefficient (Wildman–Crippen LogP) is 1.56. The molecule has 0 aliphatic heterocycles. The fraction of sp³-hybridized carbons (Fsp3) is 0.300. The van der Waals surface area contributed by atoms with E-state index in [1.807, 2.05) is 0 Å². The highest BCUT2D eigenvalue weighted by molar-refractivity contribution is 7.99. The number of amides is 1. The molecule has 1 atom stereocenters. The Morgan fingerprint density at radius 1 is 1.67 bits per heavy atom. The van der Waals surface area contributed by atoms with Crippen molar-refractivity contribution in [3.8, 4) is 0 Å². The molecule has 5 nitrogen and oxygen atoms in total. The largest absolute Gasteiger partial charge is 0.480 e. The van der Waals surface area contributed by atoms with Crippen LogP contribution in [0.15, 0.2) is 17.3 Å². The molecule has 0 aromatic carbocycles. The number of carboxylic acids is 1. The standard InChI is InChI=1S/C10H10ClFN2O3S/c1-5(15)14-8(10(16)17)4-18-9-7(12)2-6(11)3-13-9/h2-3,8H,4H2,1H3,(H,14,15)(H,16,17). The lowest BCUT2D eigenvalue weighted by Gasteiger charge is -2.12. The summed E-state index contributed by atoms with van der Waals surface area (Å²) in [4.78, 5) is 25.4. The Balaban J connectivity index is 2.66. The third-order valence-corrected chi connectivity index (χ3v) is 3.12. The Labute approximate surface area is 112 Å². The highest BCUT2D eigenvalue weighted by Crippen LogP contribution is 2.22.